The molecule has 0 radical (unpaired) electrons. The highest BCUT2D eigenvalue weighted by atomic mass is 35.5. The number of halogens is 1. The molecule has 0 bridgehead atoms. The van der Waals surface area contributed by atoms with Crippen LogP contribution in [0.3, 0.4) is 0 Å². The lowest BCUT2D eigenvalue weighted by molar-refractivity contribution is 1.01. The number of rotatable bonds is 2. The maximum Gasteiger partial charge on any atom is 0.0976 e. The molecular weight excluding hydrogens is 178 g/mol. The van der Waals surface area contributed by atoms with Crippen LogP contribution in [0.4, 0.5) is 0 Å². The van der Waals surface area contributed by atoms with Gasteiger partial charge in [-0.25, -0.2) is 0 Å². The summed E-state index contributed by atoms with van der Waals surface area (Å²) in [5.74, 6) is 0.775. The SMILES string of the molecule is NCc1c(C2CC2)csc1Cl. The molecule has 11 heavy (non-hydrogen) atoms. The summed E-state index contributed by atoms with van der Waals surface area (Å²) in [5, 5.41) is 2.15. The van der Waals surface area contributed by atoms with Crippen molar-refractivity contribution in [2.45, 2.75) is 25.3 Å². The predicted molar refractivity (Wildman–Crippen MR) is 49.2 cm³/mol. The van der Waals surface area contributed by atoms with E-state index in [2.05, 4.69) is 5.38 Å². The van der Waals surface area contributed by atoms with Crippen LogP contribution in [-0.4, -0.2) is 0 Å². The maximum atomic E-state index is 5.96. The molecule has 1 aliphatic carbocycles. The van der Waals surface area contributed by atoms with Gasteiger partial charge in [0.25, 0.3) is 0 Å². The van der Waals surface area contributed by atoms with Gasteiger partial charge in [0.15, 0.2) is 0 Å². The van der Waals surface area contributed by atoms with Crippen LogP contribution in [-0.2, 0) is 6.54 Å². The van der Waals surface area contributed by atoms with Gasteiger partial charge in [-0.1, -0.05) is 11.6 Å². The third-order valence-corrected chi connectivity index (χ3v) is 3.42. The summed E-state index contributed by atoms with van der Waals surface area (Å²) in [5.41, 5.74) is 8.17. The van der Waals surface area contributed by atoms with E-state index in [0.29, 0.717) is 6.54 Å². The van der Waals surface area contributed by atoms with Gasteiger partial charge in [0, 0.05) is 6.54 Å². The van der Waals surface area contributed by atoms with Crippen LogP contribution in [0.25, 0.3) is 0 Å². The molecule has 1 heterocycles. The molecular formula is C8H10ClNS. The fourth-order valence-electron chi connectivity index (χ4n) is 1.31. The monoisotopic (exact) mass is 187 g/mol. The first kappa shape index (κ1) is 7.59. The van der Waals surface area contributed by atoms with Gasteiger partial charge in [-0.15, -0.1) is 11.3 Å². The van der Waals surface area contributed by atoms with Crippen LogP contribution >= 0.6 is 22.9 Å². The van der Waals surface area contributed by atoms with Crippen LogP contribution in [0.1, 0.15) is 29.9 Å². The Labute approximate surface area is 75.2 Å². The fourth-order valence-corrected chi connectivity index (χ4v) is 2.53. The Morgan fingerprint density at radius 1 is 1.64 bits per heavy atom. The molecule has 1 nitrogen and oxygen atoms in total. The normalized spacial score (nSPS) is 17.3. The topological polar surface area (TPSA) is 26.0 Å². The third-order valence-electron chi connectivity index (χ3n) is 2.10. The number of hydrogen-bond acceptors (Lipinski definition) is 2. The molecule has 1 aromatic heterocycles. The molecule has 0 atom stereocenters. The lowest BCUT2D eigenvalue weighted by Crippen LogP contribution is -1.97. The minimum atomic E-state index is 0.591. The van der Waals surface area contributed by atoms with Crippen LogP contribution in [0.5, 0.6) is 0 Å². The van der Waals surface area contributed by atoms with Crippen molar-refractivity contribution in [3.8, 4) is 0 Å². The molecule has 0 unspecified atom stereocenters. The molecule has 0 aromatic carbocycles. The first-order valence-corrected chi connectivity index (χ1v) is 5.04. The van der Waals surface area contributed by atoms with E-state index in [9.17, 15) is 0 Å². The minimum Gasteiger partial charge on any atom is -0.326 e. The zero-order chi connectivity index (χ0) is 7.84. The summed E-state index contributed by atoms with van der Waals surface area (Å²) >= 11 is 7.56. The summed E-state index contributed by atoms with van der Waals surface area (Å²) in [7, 11) is 0. The molecule has 1 fully saturated rings. The Morgan fingerprint density at radius 3 is 2.91 bits per heavy atom. The molecule has 1 saturated carbocycles. The maximum absolute atomic E-state index is 5.96. The largest absolute Gasteiger partial charge is 0.326 e. The first-order chi connectivity index (χ1) is 5.33. The predicted octanol–water partition coefficient (Wildman–Crippen LogP) is 2.74. The van der Waals surface area contributed by atoms with Crippen molar-refractivity contribution in [3.05, 3.63) is 20.8 Å². The third kappa shape index (κ3) is 1.31. The lowest BCUT2D eigenvalue weighted by atomic mass is 10.1. The summed E-state index contributed by atoms with van der Waals surface area (Å²) in [4.78, 5) is 0. The first-order valence-electron chi connectivity index (χ1n) is 3.78. The standard InChI is InChI=1S/C8H10ClNS/c9-8-6(3-10)7(4-11-8)5-1-2-5/h4-5H,1-3,10H2. The van der Waals surface area contributed by atoms with Gasteiger partial charge in [-0.2, -0.15) is 0 Å². The highest BCUT2D eigenvalue weighted by Crippen LogP contribution is 2.45. The minimum absolute atomic E-state index is 0.591. The molecule has 1 aliphatic rings. The van der Waals surface area contributed by atoms with Crippen molar-refractivity contribution >= 4 is 22.9 Å². The van der Waals surface area contributed by atoms with Crippen molar-refractivity contribution in [1.82, 2.24) is 0 Å². The van der Waals surface area contributed by atoms with Crippen molar-refractivity contribution in [3.63, 3.8) is 0 Å². The number of hydrogen-bond donors (Lipinski definition) is 1. The van der Waals surface area contributed by atoms with E-state index < -0.39 is 0 Å². The van der Waals surface area contributed by atoms with E-state index in [-0.39, 0.29) is 0 Å². The van der Waals surface area contributed by atoms with Gasteiger partial charge in [-0.3, -0.25) is 0 Å². The van der Waals surface area contributed by atoms with Gasteiger partial charge in [0.05, 0.1) is 4.34 Å². The average Bonchev–Trinajstić information content (AvgIpc) is 2.76. The van der Waals surface area contributed by atoms with E-state index in [0.717, 1.165) is 10.3 Å². The highest BCUT2D eigenvalue weighted by Gasteiger charge is 2.27. The number of nitrogens with two attached hydrogens (primary N) is 1. The van der Waals surface area contributed by atoms with Crippen LogP contribution in [0, 0.1) is 0 Å². The molecule has 2 rings (SSSR count). The Kier molecular flexibility index (Phi) is 1.91. The van der Waals surface area contributed by atoms with Crippen molar-refractivity contribution < 1.29 is 0 Å². The molecule has 0 amide bonds. The highest BCUT2D eigenvalue weighted by molar-refractivity contribution is 7.14. The van der Waals surface area contributed by atoms with Crippen LogP contribution in [0.15, 0.2) is 5.38 Å². The summed E-state index contributed by atoms with van der Waals surface area (Å²) in [6, 6.07) is 0. The fraction of sp³-hybridized carbons (Fsp3) is 0.500. The summed E-state index contributed by atoms with van der Waals surface area (Å²) in [6.07, 6.45) is 2.64. The molecule has 3 heteroatoms. The second kappa shape index (κ2) is 2.77. The molecule has 1 aromatic rings. The Morgan fingerprint density at radius 2 is 2.36 bits per heavy atom. The van der Waals surface area contributed by atoms with E-state index in [4.69, 9.17) is 17.3 Å². The van der Waals surface area contributed by atoms with Crippen LogP contribution in [0.2, 0.25) is 4.34 Å². The van der Waals surface area contributed by atoms with E-state index in [1.54, 1.807) is 11.3 Å². The second-order valence-corrected chi connectivity index (χ2v) is 4.40. The van der Waals surface area contributed by atoms with Crippen molar-refractivity contribution in [2.24, 2.45) is 5.73 Å². The van der Waals surface area contributed by atoms with Gasteiger partial charge >= 0.3 is 0 Å². The smallest absolute Gasteiger partial charge is 0.0976 e. The quantitative estimate of drug-likeness (QED) is 0.757. The van der Waals surface area contributed by atoms with Crippen molar-refractivity contribution in [1.29, 1.82) is 0 Å². The van der Waals surface area contributed by atoms with Gasteiger partial charge in [0.2, 0.25) is 0 Å². The summed E-state index contributed by atoms with van der Waals surface area (Å²) in [6.45, 7) is 0.591. The van der Waals surface area contributed by atoms with E-state index in [1.165, 1.54) is 24.0 Å². The summed E-state index contributed by atoms with van der Waals surface area (Å²) < 4.78 is 0.884. The Bertz CT molecular complexity index is 265. The zero-order valence-corrected chi connectivity index (χ0v) is 7.71. The Balaban J connectivity index is 2.36. The van der Waals surface area contributed by atoms with Crippen LogP contribution < -0.4 is 5.73 Å². The lowest BCUT2D eigenvalue weighted by Gasteiger charge is -1.97. The molecule has 2 N–H and O–H groups in total. The van der Waals surface area contributed by atoms with Gasteiger partial charge in [-0.05, 0) is 35.3 Å². The van der Waals surface area contributed by atoms with Gasteiger partial charge < -0.3 is 5.73 Å². The molecule has 0 spiro atoms. The van der Waals surface area contributed by atoms with E-state index in [1.807, 2.05) is 0 Å². The molecule has 60 valence electrons. The molecule has 0 aliphatic heterocycles. The Hall–Kier alpha value is -0.0500. The zero-order valence-electron chi connectivity index (χ0n) is 6.14. The van der Waals surface area contributed by atoms with Crippen molar-refractivity contribution in [2.75, 3.05) is 0 Å². The second-order valence-electron chi connectivity index (χ2n) is 2.92. The number of thiophene rings is 1. The molecule has 0 saturated heterocycles. The average molecular weight is 188 g/mol. The van der Waals surface area contributed by atoms with E-state index >= 15 is 0 Å². The van der Waals surface area contributed by atoms with Gasteiger partial charge in [0.1, 0.15) is 0 Å².